The summed E-state index contributed by atoms with van der Waals surface area (Å²) in [6, 6.07) is 5.76. The van der Waals surface area contributed by atoms with Crippen LogP contribution in [0.4, 0.5) is 0 Å². The number of benzene rings is 1. The van der Waals surface area contributed by atoms with Crippen molar-refractivity contribution in [1.29, 1.82) is 0 Å². The molecule has 0 aliphatic rings. The molecule has 0 aliphatic heterocycles. The molecule has 2 rings (SSSR count). The second-order valence-electron chi connectivity index (χ2n) is 5.96. The number of nitrogens with zero attached hydrogens (tertiary/aromatic N) is 2. The summed E-state index contributed by atoms with van der Waals surface area (Å²) < 4.78 is 2.08. The van der Waals surface area contributed by atoms with Crippen LogP contribution >= 0.6 is 11.6 Å². The van der Waals surface area contributed by atoms with E-state index < -0.39 is 0 Å². The molecule has 0 aliphatic carbocycles. The van der Waals surface area contributed by atoms with Crippen LogP contribution < -0.4 is 5.32 Å². The molecular formula is C15H22ClN3O. The van der Waals surface area contributed by atoms with E-state index in [1.54, 1.807) is 0 Å². The summed E-state index contributed by atoms with van der Waals surface area (Å²) in [5, 5.41) is 13.2. The maximum atomic E-state index is 9.03. The molecule has 0 saturated carbocycles. The van der Waals surface area contributed by atoms with Crippen molar-refractivity contribution in [3.05, 3.63) is 29.0 Å². The quantitative estimate of drug-likeness (QED) is 0.861. The average Bonchev–Trinajstić information content (AvgIpc) is 2.65. The first-order chi connectivity index (χ1) is 9.43. The molecule has 2 N–H and O–H groups in total. The van der Waals surface area contributed by atoms with Gasteiger partial charge in [-0.25, -0.2) is 4.98 Å². The Morgan fingerprint density at radius 2 is 2.15 bits per heavy atom. The van der Waals surface area contributed by atoms with Crippen molar-refractivity contribution < 1.29 is 5.11 Å². The highest BCUT2D eigenvalue weighted by Gasteiger charge is 2.17. The molecule has 0 spiro atoms. The lowest BCUT2D eigenvalue weighted by Gasteiger charge is -2.23. The lowest BCUT2D eigenvalue weighted by Crippen LogP contribution is -2.30. The number of halogens is 1. The second-order valence-corrected chi connectivity index (χ2v) is 6.40. The van der Waals surface area contributed by atoms with E-state index in [4.69, 9.17) is 16.7 Å². The van der Waals surface area contributed by atoms with Crippen LogP contribution in [0.5, 0.6) is 0 Å². The maximum Gasteiger partial charge on any atom is 0.123 e. The Morgan fingerprint density at radius 1 is 1.40 bits per heavy atom. The van der Waals surface area contributed by atoms with E-state index in [9.17, 15) is 0 Å². The molecule has 1 heterocycles. The summed E-state index contributed by atoms with van der Waals surface area (Å²) in [6.07, 6.45) is 0.790. The molecule has 0 fully saturated rings. The second kappa shape index (κ2) is 6.12. The van der Waals surface area contributed by atoms with Gasteiger partial charge in [0.15, 0.2) is 0 Å². The Morgan fingerprint density at radius 3 is 2.85 bits per heavy atom. The third-order valence-electron chi connectivity index (χ3n) is 3.61. The van der Waals surface area contributed by atoms with Crippen molar-refractivity contribution in [2.24, 2.45) is 12.5 Å². The minimum absolute atomic E-state index is 0.0860. The normalized spacial score (nSPS) is 12.2. The lowest BCUT2D eigenvalue weighted by molar-refractivity contribution is 0.206. The average molecular weight is 296 g/mol. The highest BCUT2D eigenvalue weighted by atomic mass is 35.5. The summed E-state index contributed by atoms with van der Waals surface area (Å²) >= 11 is 5.99. The van der Waals surface area contributed by atoms with Crippen LogP contribution in [-0.4, -0.2) is 27.8 Å². The predicted octanol–water partition coefficient (Wildman–Crippen LogP) is 2.72. The molecule has 110 valence electrons. The number of fused-ring (bicyclic) bond motifs is 1. The van der Waals surface area contributed by atoms with Crippen molar-refractivity contribution in [1.82, 2.24) is 14.9 Å². The predicted molar refractivity (Wildman–Crippen MR) is 82.9 cm³/mol. The van der Waals surface area contributed by atoms with E-state index in [-0.39, 0.29) is 12.0 Å². The lowest BCUT2D eigenvalue weighted by atomic mass is 9.90. The molecule has 1 aromatic carbocycles. The summed E-state index contributed by atoms with van der Waals surface area (Å²) in [6.45, 7) is 6.06. The van der Waals surface area contributed by atoms with Crippen LogP contribution in [-0.2, 0) is 13.6 Å². The fourth-order valence-electron chi connectivity index (χ4n) is 2.28. The summed E-state index contributed by atoms with van der Waals surface area (Å²) in [5.74, 6) is 0.988. The number of hydrogen-bond donors (Lipinski definition) is 2. The first-order valence-corrected chi connectivity index (χ1v) is 7.23. The van der Waals surface area contributed by atoms with Gasteiger partial charge in [0.1, 0.15) is 5.82 Å². The Bertz CT molecular complexity index is 592. The zero-order valence-corrected chi connectivity index (χ0v) is 13.0. The van der Waals surface area contributed by atoms with Gasteiger partial charge in [0.2, 0.25) is 0 Å². The molecule has 1 aromatic heterocycles. The van der Waals surface area contributed by atoms with Crippen LogP contribution in [0.1, 0.15) is 26.1 Å². The van der Waals surface area contributed by atoms with E-state index in [0.29, 0.717) is 11.6 Å². The van der Waals surface area contributed by atoms with Crippen molar-refractivity contribution in [3.63, 3.8) is 0 Å². The third-order valence-corrected chi connectivity index (χ3v) is 3.85. The van der Waals surface area contributed by atoms with E-state index in [0.717, 1.165) is 29.8 Å². The van der Waals surface area contributed by atoms with E-state index in [2.05, 4.69) is 28.7 Å². The van der Waals surface area contributed by atoms with Gasteiger partial charge in [-0.3, -0.25) is 0 Å². The van der Waals surface area contributed by atoms with Crippen LogP contribution in [0.25, 0.3) is 11.0 Å². The SMILES string of the molecule is Cn1c(CNCC(C)(C)CCO)nc2cc(Cl)ccc21. The van der Waals surface area contributed by atoms with Crippen LogP contribution in [0.2, 0.25) is 5.02 Å². The van der Waals surface area contributed by atoms with Crippen molar-refractivity contribution >= 4 is 22.6 Å². The number of imidazole rings is 1. The molecule has 5 heteroatoms. The first kappa shape index (κ1) is 15.3. The molecule has 0 atom stereocenters. The molecular weight excluding hydrogens is 274 g/mol. The van der Waals surface area contributed by atoms with Gasteiger partial charge in [-0.1, -0.05) is 25.4 Å². The monoisotopic (exact) mass is 295 g/mol. The largest absolute Gasteiger partial charge is 0.396 e. The topological polar surface area (TPSA) is 50.1 Å². The number of hydrogen-bond acceptors (Lipinski definition) is 3. The van der Waals surface area contributed by atoms with Crippen molar-refractivity contribution in [3.8, 4) is 0 Å². The summed E-state index contributed by atoms with van der Waals surface area (Å²) in [7, 11) is 2.01. The van der Waals surface area contributed by atoms with E-state index >= 15 is 0 Å². The third kappa shape index (κ3) is 3.51. The fourth-order valence-corrected chi connectivity index (χ4v) is 2.45. The molecule has 0 saturated heterocycles. The minimum atomic E-state index is 0.0860. The zero-order chi connectivity index (χ0) is 14.8. The van der Waals surface area contributed by atoms with E-state index in [1.807, 2.05) is 25.2 Å². The van der Waals surface area contributed by atoms with Gasteiger partial charge in [0.25, 0.3) is 0 Å². The highest BCUT2D eigenvalue weighted by Crippen LogP contribution is 2.20. The number of aryl methyl sites for hydroxylation is 1. The Balaban J connectivity index is 2.05. The Hall–Kier alpha value is -1.10. The molecule has 0 amide bonds. The molecule has 20 heavy (non-hydrogen) atoms. The molecule has 0 bridgehead atoms. The molecule has 4 nitrogen and oxygen atoms in total. The van der Waals surface area contributed by atoms with Gasteiger partial charge < -0.3 is 15.0 Å². The highest BCUT2D eigenvalue weighted by molar-refractivity contribution is 6.31. The summed E-state index contributed by atoms with van der Waals surface area (Å²) in [5.41, 5.74) is 2.09. The molecule has 2 aromatic rings. The van der Waals surface area contributed by atoms with Crippen molar-refractivity contribution in [2.75, 3.05) is 13.2 Å². The number of aromatic nitrogens is 2. The van der Waals surface area contributed by atoms with Crippen molar-refractivity contribution in [2.45, 2.75) is 26.8 Å². The fraction of sp³-hybridized carbons (Fsp3) is 0.533. The first-order valence-electron chi connectivity index (χ1n) is 6.85. The number of aliphatic hydroxyl groups is 1. The number of rotatable bonds is 6. The van der Waals surface area contributed by atoms with Gasteiger partial charge in [-0.15, -0.1) is 0 Å². The molecule has 0 radical (unpaired) electrons. The van der Waals surface area contributed by atoms with Gasteiger partial charge >= 0.3 is 0 Å². The van der Waals surface area contributed by atoms with Gasteiger partial charge in [-0.05, 0) is 30.0 Å². The smallest absolute Gasteiger partial charge is 0.123 e. The van der Waals surface area contributed by atoms with E-state index in [1.165, 1.54) is 0 Å². The van der Waals surface area contributed by atoms with Gasteiger partial charge in [-0.2, -0.15) is 0 Å². The maximum absolute atomic E-state index is 9.03. The minimum Gasteiger partial charge on any atom is -0.396 e. The number of nitrogens with one attached hydrogen (secondary N) is 1. The van der Waals surface area contributed by atoms with Gasteiger partial charge in [0, 0.05) is 25.2 Å². The summed E-state index contributed by atoms with van der Waals surface area (Å²) in [4.78, 5) is 4.61. The van der Waals surface area contributed by atoms with Gasteiger partial charge in [0.05, 0.1) is 17.6 Å². The Labute approximate surface area is 124 Å². The van der Waals surface area contributed by atoms with Crippen LogP contribution in [0.3, 0.4) is 0 Å². The zero-order valence-electron chi connectivity index (χ0n) is 12.3. The Kier molecular flexibility index (Phi) is 4.68. The standard InChI is InChI=1S/C15H22ClN3O/c1-15(2,6-7-20)10-17-9-14-18-12-8-11(16)4-5-13(12)19(14)3/h4-5,8,17,20H,6-7,9-10H2,1-3H3. The molecule has 0 unspecified atom stereocenters. The number of aliphatic hydroxyl groups excluding tert-OH is 1. The van der Waals surface area contributed by atoms with Crippen LogP contribution in [0, 0.1) is 5.41 Å². The van der Waals surface area contributed by atoms with Crippen LogP contribution in [0.15, 0.2) is 18.2 Å².